The van der Waals surface area contributed by atoms with Crippen molar-refractivity contribution in [2.24, 2.45) is 0 Å². The molecule has 116 valence electrons. The van der Waals surface area contributed by atoms with Gasteiger partial charge in [0.25, 0.3) is 0 Å². The molecule has 2 rings (SSSR count). The first-order chi connectivity index (χ1) is 9.66. The number of carbonyl (C=O) groups excluding carboxylic acids is 1. The molecule has 4 heteroatoms. The fourth-order valence-corrected chi connectivity index (χ4v) is 2.23. The summed E-state index contributed by atoms with van der Waals surface area (Å²) >= 11 is 0. The van der Waals surface area contributed by atoms with Crippen molar-refractivity contribution in [3.63, 3.8) is 0 Å². The van der Waals surface area contributed by atoms with Crippen LogP contribution < -0.4 is 9.47 Å². The first-order valence-corrected chi connectivity index (χ1v) is 7.29. The molecule has 0 saturated carbocycles. The highest BCUT2D eigenvalue weighted by Gasteiger charge is 2.32. The maximum atomic E-state index is 12.0. The number of hydrogen-bond acceptors (Lipinski definition) is 4. The lowest BCUT2D eigenvalue weighted by Crippen LogP contribution is -2.35. The third kappa shape index (κ3) is 4.46. The van der Waals surface area contributed by atoms with Gasteiger partial charge in [0.2, 0.25) is 0 Å². The second-order valence-corrected chi connectivity index (χ2v) is 6.93. The first-order valence-electron chi connectivity index (χ1n) is 7.29. The molecular formula is C17H24O4. The molecule has 1 aromatic rings. The third-order valence-electron chi connectivity index (χ3n) is 3.11. The maximum Gasteiger partial charge on any atom is 0.170 e. The fourth-order valence-electron chi connectivity index (χ4n) is 2.23. The SMILES string of the molecule is CC(C)(C)OCCOc1ccc2c(c1)OC(C)(C)CC2=O. The van der Waals surface area contributed by atoms with E-state index in [-0.39, 0.29) is 11.4 Å². The summed E-state index contributed by atoms with van der Waals surface area (Å²) < 4.78 is 17.1. The van der Waals surface area contributed by atoms with Gasteiger partial charge in [-0.05, 0) is 46.8 Å². The zero-order valence-electron chi connectivity index (χ0n) is 13.5. The second kappa shape index (κ2) is 5.68. The maximum absolute atomic E-state index is 12.0. The highest BCUT2D eigenvalue weighted by Crippen LogP contribution is 2.35. The molecule has 0 aliphatic carbocycles. The summed E-state index contributed by atoms with van der Waals surface area (Å²) in [6.07, 6.45) is 0.402. The Morgan fingerprint density at radius 3 is 2.62 bits per heavy atom. The van der Waals surface area contributed by atoms with Crippen LogP contribution in [0.5, 0.6) is 11.5 Å². The number of benzene rings is 1. The Morgan fingerprint density at radius 2 is 1.95 bits per heavy atom. The van der Waals surface area contributed by atoms with Gasteiger partial charge in [0, 0.05) is 6.07 Å². The van der Waals surface area contributed by atoms with Gasteiger partial charge in [-0.2, -0.15) is 0 Å². The second-order valence-electron chi connectivity index (χ2n) is 6.93. The van der Waals surface area contributed by atoms with Gasteiger partial charge in [-0.25, -0.2) is 0 Å². The summed E-state index contributed by atoms with van der Waals surface area (Å²) in [5, 5.41) is 0. The molecular weight excluding hydrogens is 268 g/mol. The van der Waals surface area contributed by atoms with Crippen LogP contribution >= 0.6 is 0 Å². The molecule has 1 aliphatic rings. The summed E-state index contributed by atoms with van der Waals surface area (Å²) in [6.45, 7) is 10.8. The molecule has 1 heterocycles. The molecule has 0 aromatic heterocycles. The van der Waals surface area contributed by atoms with Gasteiger partial charge in [0.15, 0.2) is 5.78 Å². The smallest absolute Gasteiger partial charge is 0.170 e. The number of ketones is 1. The molecule has 0 atom stereocenters. The summed E-state index contributed by atoms with van der Waals surface area (Å²) in [4.78, 5) is 12.0. The monoisotopic (exact) mass is 292 g/mol. The summed E-state index contributed by atoms with van der Waals surface area (Å²) in [5.74, 6) is 1.41. The molecule has 0 saturated heterocycles. The summed E-state index contributed by atoms with van der Waals surface area (Å²) in [7, 11) is 0. The van der Waals surface area contributed by atoms with Crippen LogP contribution in [0.3, 0.4) is 0 Å². The number of fused-ring (bicyclic) bond motifs is 1. The largest absolute Gasteiger partial charge is 0.491 e. The van der Waals surface area contributed by atoms with E-state index in [0.717, 1.165) is 0 Å². The van der Waals surface area contributed by atoms with Crippen molar-refractivity contribution < 1.29 is 19.0 Å². The van der Waals surface area contributed by atoms with Crippen LogP contribution in [0.15, 0.2) is 18.2 Å². The van der Waals surface area contributed by atoms with Crippen molar-refractivity contribution in [2.45, 2.75) is 52.2 Å². The Bertz CT molecular complexity index is 526. The minimum absolute atomic E-state index is 0.115. The van der Waals surface area contributed by atoms with E-state index in [9.17, 15) is 4.79 Å². The predicted molar refractivity (Wildman–Crippen MR) is 81.3 cm³/mol. The van der Waals surface area contributed by atoms with Gasteiger partial charge in [-0.3, -0.25) is 4.79 Å². The van der Waals surface area contributed by atoms with Crippen molar-refractivity contribution in [3.8, 4) is 11.5 Å². The highest BCUT2D eigenvalue weighted by molar-refractivity contribution is 6.00. The normalized spacial score (nSPS) is 17.1. The molecule has 0 spiro atoms. The zero-order valence-corrected chi connectivity index (χ0v) is 13.5. The average molecular weight is 292 g/mol. The molecule has 1 aliphatic heterocycles. The number of carbonyl (C=O) groups is 1. The summed E-state index contributed by atoms with van der Waals surface area (Å²) in [6, 6.07) is 5.35. The van der Waals surface area contributed by atoms with E-state index < -0.39 is 5.60 Å². The van der Waals surface area contributed by atoms with Gasteiger partial charge >= 0.3 is 0 Å². The Labute approximate surface area is 126 Å². The van der Waals surface area contributed by atoms with Crippen molar-refractivity contribution in [2.75, 3.05) is 13.2 Å². The molecule has 4 nitrogen and oxygen atoms in total. The quantitative estimate of drug-likeness (QED) is 0.795. The van der Waals surface area contributed by atoms with E-state index in [1.807, 2.05) is 34.6 Å². The van der Waals surface area contributed by atoms with Crippen LogP contribution in [0.1, 0.15) is 51.4 Å². The first kappa shape index (κ1) is 15.8. The lowest BCUT2D eigenvalue weighted by atomic mass is 9.93. The molecule has 1 aromatic carbocycles. The van der Waals surface area contributed by atoms with E-state index in [0.29, 0.717) is 36.7 Å². The molecule has 0 N–H and O–H groups in total. The van der Waals surface area contributed by atoms with E-state index in [2.05, 4.69) is 0 Å². The topological polar surface area (TPSA) is 44.8 Å². The number of rotatable bonds is 4. The van der Waals surface area contributed by atoms with Gasteiger partial charge in [-0.1, -0.05) is 0 Å². The van der Waals surface area contributed by atoms with Crippen molar-refractivity contribution in [1.29, 1.82) is 0 Å². The number of hydrogen-bond donors (Lipinski definition) is 0. The number of ether oxygens (including phenoxy) is 3. The molecule has 0 amide bonds. The molecule has 0 bridgehead atoms. The minimum Gasteiger partial charge on any atom is -0.491 e. The van der Waals surface area contributed by atoms with E-state index in [1.54, 1.807) is 18.2 Å². The fraction of sp³-hybridized carbons (Fsp3) is 0.588. The van der Waals surface area contributed by atoms with Crippen LogP contribution in [0.25, 0.3) is 0 Å². The third-order valence-corrected chi connectivity index (χ3v) is 3.11. The molecule has 0 unspecified atom stereocenters. The van der Waals surface area contributed by atoms with E-state index in [1.165, 1.54) is 0 Å². The van der Waals surface area contributed by atoms with Gasteiger partial charge in [0.1, 0.15) is 23.7 Å². The Kier molecular flexibility index (Phi) is 4.28. The minimum atomic E-state index is -0.460. The van der Waals surface area contributed by atoms with Crippen LogP contribution in [-0.2, 0) is 4.74 Å². The van der Waals surface area contributed by atoms with Crippen LogP contribution in [0, 0.1) is 0 Å². The molecule has 0 fully saturated rings. The van der Waals surface area contributed by atoms with Crippen molar-refractivity contribution >= 4 is 5.78 Å². The lowest BCUT2D eigenvalue weighted by Gasteiger charge is -2.31. The average Bonchev–Trinajstić information content (AvgIpc) is 2.31. The molecule has 21 heavy (non-hydrogen) atoms. The Balaban J connectivity index is 1.99. The van der Waals surface area contributed by atoms with Crippen LogP contribution in [-0.4, -0.2) is 30.2 Å². The van der Waals surface area contributed by atoms with Crippen molar-refractivity contribution in [1.82, 2.24) is 0 Å². The van der Waals surface area contributed by atoms with Crippen molar-refractivity contribution in [3.05, 3.63) is 23.8 Å². The van der Waals surface area contributed by atoms with Gasteiger partial charge < -0.3 is 14.2 Å². The zero-order chi connectivity index (χ0) is 15.7. The van der Waals surface area contributed by atoms with E-state index >= 15 is 0 Å². The summed E-state index contributed by atoms with van der Waals surface area (Å²) in [5.41, 5.74) is 0.00390. The standard InChI is InChI=1S/C17H24O4/c1-16(2,3)20-9-8-19-12-6-7-13-14(18)11-17(4,5)21-15(13)10-12/h6-7,10H,8-9,11H2,1-5H3. The lowest BCUT2D eigenvalue weighted by molar-refractivity contribution is -0.0164. The Hall–Kier alpha value is -1.55. The predicted octanol–water partition coefficient (Wildman–Crippen LogP) is 3.62. The molecule has 0 radical (unpaired) electrons. The highest BCUT2D eigenvalue weighted by atomic mass is 16.5. The Morgan fingerprint density at radius 1 is 1.24 bits per heavy atom. The number of Topliss-reactive ketones (excluding diaryl/α,β-unsaturated/α-hetero) is 1. The van der Waals surface area contributed by atoms with Gasteiger partial charge in [0.05, 0.1) is 24.2 Å². The van der Waals surface area contributed by atoms with E-state index in [4.69, 9.17) is 14.2 Å². The van der Waals surface area contributed by atoms with Crippen LogP contribution in [0.2, 0.25) is 0 Å². The van der Waals surface area contributed by atoms with Crippen LogP contribution in [0.4, 0.5) is 0 Å². The van der Waals surface area contributed by atoms with Gasteiger partial charge in [-0.15, -0.1) is 0 Å².